The molecule has 3 aliphatic rings. The van der Waals surface area contributed by atoms with Crippen LogP contribution in [0.25, 0.3) is 0 Å². The van der Waals surface area contributed by atoms with E-state index in [1.807, 2.05) is 109 Å². The third kappa shape index (κ3) is 6.07. The number of rotatable bonds is 10. The lowest BCUT2D eigenvalue weighted by atomic mass is 9.82. The number of carbonyl (C=O) groups excluding carboxylic acids is 2. The van der Waals surface area contributed by atoms with Gasteiger partial charge in [0, 0.05) is 52.9 Å². The molecule has 1 unspecified atom stereocenters. The molecule has 7 rings (SSSR count). The molecule has 0 bridgehead atoms. The summed E-state index contributed by atoms with van der Waals surface area (Å²) in [6, 6.07) is 23.5. The molecule has 2 saturated heterocycles. The second kappa shape index (κ2) is 13.2. The lowest BCUT2D eigenvalue weighted by Gasteiger charge is -2.32. The highest BCUT2D eigenvalue weighted by atomic mass is 79.9. The zero-order chi connectivity index (χ0) is 34.5. The summed E-state index contributed by atoms with van der Waals surface area (Å²) in [4.78, 5) is 42.4. The lowest BCUT2D eigenvalue weighted by Crippen LogP contribution is -2.46. The van der Waals surface area contributed by atoms with Crippen molar-refractivity contribution in [3.63, 3.8) is 0 Å². The van der Waals surface area contributed by atoms with Gasteiger partial charge in [0.05, 0.1) is 36.6 Å². The Kier molecular flexibility index (Phi) is 9.12. The van der Waals surface area contributed by atoms with Crippen LogP contribution in [-0.4, -0.2) is 64.3 Å². The Bertz CT molecular complexity index is 1850. The van der Waals surface area contributed by atoms with Crippen LogP contribution in [0.1, 0.15) is 54.5 Å². The summed E-state index contributed by atoms with van der Waals surface area (Å²) >= 11 is 3.64. The van der Waals surface area contributed by atoms with Crippen LogP contribution in [0.3, 0.4) is 0 Å². The molecule has 2 fully saturated rings. The molecule has 10 nitrogen and oxygen atoms in total. The summed E-state index contributed by atoms with van der Waals surface area (Å²) in [7, 11) is -2.85. The molecule has 1 spiro atoms. The van der Waals surface area contributed by atoms with Gasteiger partial charge in [0.1, 0.15) is 0 Å². The largest absolute Gasteiger partial charge is 0.432 e. The van der Waals surface area contributed by atoms with Crippen molar-refractivity contribution in [1.82, 2.24) is 15.0 Å². The third-order valence-corrected chi connectivity index (χ3v) is 13.5. The molecule has 0 aliphatic carbocycles. The van der Waals surface area contributed by atoms with Gasteiger partial charge >= 0.3 is 0 Å². The van der Waals surface area contributed by atoms with Gasteiger partial charge in [0.15, 0.2) is 13.9 Å². The van der Waals surface area contributed by atoms with E-state index in [0.717, 1.165) is 45.5 Å². The van der Waals surface area contributed by atoms with Crippen molar-refractivity contribution in [1.29, 1.82) is 0 Å². The van der Waals surface area contributed by atoms with E-state index in [9.17, 15) is 19.5 Å². The van der Waals surface area contributed by atoms with Gasteiger partial charge in [0.2, 0.25) is 5.91 Å². The molecule has 1 aromatic heterocycles. The Hall–Kier alpha value is -3.68. The van der Waals surface area contributed by atoms with Crippen LogP contribution in [0.2, 0.25) is 18.6 Å². The lowest BCUT2D eigenvalue weighted by molar-refractivity contribution is -0.146. The van der Waals surface area contributed by atoms with Crippen molar-refractivity contribution in [2.75, 3.05) is 23.0 Å². The molecule has 0 saturated carbocycles. The van der Waals surface area contributed by atoms with Crippen molar-refractivity contribution in [3.8, 4) is 0 Å². The highest BCUT2D eigenvalue weighted by Crippen LogP contribution is 2.60. The summed E-state index contributed by atoms with van der Waals surface area (Å²) in [5.41, 5.74) is 3.59. The van der Waals surface area contributed by atoms with Crippen LogP contribution in [0.15, 0.2) is 83.5 Å². The van der Waals surface area contributed by atoms with Crippen LogP contribution in [0.5, 0.6) is 0 Å². The van der Waals surface area contributed by atoms with Crippen molar-refractivity contribution >= 4 is 47.4 Å². The summed E-state index contributed by atoms with van der Waals surface area (Å²) in [5, 5.41) is 18.9. The monoisotopic (exact) mass is 743 g/mol. The van der Waals surface area contributed by atoms with E-state index in [1.165, 1.54) is 0 Å². The molecular weight excluding hydrogens is 702 g/mol. The molecule has 256 valence electrons. The molecule has 2 amide bonds. The normalized spacial score (nSPS) is 24.3. The van der Waals surface area contributed by atoms with Gasteiger partial charge < -0.3 is 24.4 Å². The first-order chi connectivity index (χ1) is 23.5. The second-order valence-electron chi connectivity index (χ2n) is 14.1. The van der Waals surface area contributed by atoms with E-state index in [4.69, 9.17) is 4.74 Å². The first-order valence-electron chi connectivity index (χ1n) is 17.0. The first kappa shape index (κ1) is 33.8. The number of anilines is 2. The van der Waals surface area contributed by atoms with Crippen LogP contribution in [-0.2, 0) is 33.0 Å². The maximum absolute atomic E-state index is 14.8. The average molecular weight is 745 g/mol. The number of aliphatic hydroxyl groups excluding tert-OH is 1. The zero-order valence-corrected chi connectivity index (χ0v) is 30.6. The molecule has 5 atom stereocenters. The van der Waals surface area contributed by atoms with Gasteiger partial charge in [-0.2, -0.15) is 0 Å². The fraction of sp³-hybridized carbons (Fsp3) is 0.405. The number of nitrogens with zero attached hydrogens (tertiary/aromatic N) is 5. The van der Waals surface area contributed by atoms with Crippen molar-refractivity contribution in [2.24, 2.45) is 5.92 Å². The van der Waals surface area contributed by atoms with Crippen molar-refractivity contribution < 1.29 is 24.2 Å². The number of aromatic nitrogens is 3. The van der Waals surface area contributed by atoms with Gasteiger partial charge in [-0.15, -0.1) is 5.10 Å². The van der Waals surface area contributed by atoms with Crippen LogP contribution >= 0.6 is 15.9 Å². The van der Waals surface area contributed by atoms with Gasteiger partial charge in [-0.05, 0) is 67.4 Å². The van der Waals surface area contributed by atoms with Crippen LogP contribution in [0.4, 0.5) is 11.4 Å². The van der Waals surface area contributed by atoms with E-state index in [1.54, 1.807) is 4.68 Å². The first-order valence-corrected chi connectivity index (χ1v) is 20.8. The number of fused-ring (bicyclic) bond motifs is 2. The van der Waals surface area contributed by atoms with Crippen molar-refractivity contribution in [2.45, 2.75) is 75.5 Å². The Labute approximate surface area is 296 Å². The number of halogens is 1. The number of aryl methyl sites for hydroxylation is 1. The van der Waals surface area contributed by atoms with Gasteiger partial charge in [0.25, 0.3) is 5.91 Å². The molecule has 12 heteroatoms. The SMILES string of the molecule is C[C@@H]1[C@@H]([Si](C)(C)O)[C@H](CCn2cc(C(CO)c3ccccc3)nn2)O[C@@]12C(=O)N(Cc1ccc(N3CCCC3=O)cc1)c1ccc(Br)cc12. The number of benzene rings is 3. The van der Waals surface area contributed by atoms with Gasteiger partial charge in [-0.25, -0.2) is 0 Å². The van der Waals surface area contributed by atoms with E-state index in [0.29, 0.717) is 31.6 Å². The van der Waals surface area contributed by atoms with E-state index in [-0.39, 0.29) is 35.8 Å². The van der Waals surface area contributed by atoms with Gasteiger partial charge in [-0.3, -0.25) is 14.3 Å². The Morgan fingerprint density at radius 2 is 1.84 bits per heavy atom. The molecular formula is C37H42BrN5O5Si. The smallest absolute Gasteiger partial charge is 0.264 e. The summed E-state index contributed by atoms with van der Waals surface area (Å²) in [5.74, 6) is -0.564. The minimum atomic E-state index is -2.85. The average Bonchev–Trinajstić information content (AvgIpc) is 3.84. The van der Waals surface area contributed by atoms with Crippen LogP contribution < -0.4 is 9.80 Å². The van der Waals surface area contributed by atoms with E-state index < -0.39 is 20.0 Å². The fourth-order valence-electron chi connectivity index (χ4n) is 8.26. The zero-order valence-electron chi connectivity index (χ0n) is 28.0. The fourth-order valence-corrected chi connectivity index (χ4v) is 11.2. The van der Waals surface area contributed by atoms with Crippen molar-refractivity contribution in [3.05, 3.63) is 106 Å². The van der Waals surface area contributed by atoms with E-state index >= 15 is 0 Å². The molecule has 49 heavy (non-hydrogen) atoms. The van der Waals surface area contributed by atoms with E-state index in [2.05, 4.69) is 26.2 Å². The number of hydrogen-bond donors (Lipinski definition) is 2. The predicted octanol–water partition coefficient (Wildman–Crippen LogP) is 5.73. The summed E-state index contributed by atoms with van der Waals surface area (Å²) < 4.78 is 9.61. The Morgan fingerprint density at radius 1 is 1.08 bits per heavy atom. The quantitative estimate of drug-likeness (QED) is 0.199. The predicted molar refractivity (Wildman–Crippen MR) is 193 cm³/mol. The number of carbonyl (C=O) groups is 2. The standard InChI is InChI=1S/C37H42BrN5O5Si/c1-24-35(49(2,3)47)33(17-19-41-22-31(39-40-41)29(23-44)26-8-5-4-6-9-26)48-37(24)30-20-27(38)13-16-32(30)43(36(37)46)21-25-11-14-28(15-12-25)42-18-7-10-34(42)45/h4-6,8-9,11-16,20,22,24,29,33,35,44,47H,7,10,17-19,21,23H2,1-3H3/t24-,29?,33+,35-,37+/m1/s1. The highest BCUT2D eigenvalue weighted by molar-refractivity contribution is 9.10. The third-order valence-electron chi connectivity index (χ3n) is 10.5. The van der Waals surface area contributed by atoms with Crippen LogP contribution in [0, 0.1) is 5.92 Å². The number of ether oxygens (including phenoxy) is 1. The highest BCUT2D eigenvalue weighted by Gasteiger charge is 2.66. The molecule has 0 radical (unpaired) electrons. The molecule has 3 aliphatic heterocycles. The maximum atomic E-state index is 14.8. The molecule has 3 aromatic carbocycles. The maximum Gasteiger partial charge on any atom is 0.264 e. The summed E-state index contributed by atoms with van der Waals surface area (Å²) in [6.45, 7) is 7.36. The molecule has 4 aromatic rings. The summed E-state index contributed by atoms with van der Waals surface area (Å²) in [6.07, 6.45) is 3.43. The Morgan fingerprint density at radius 3 is 2.51 bits per heavy atom. The number of hydrogen-bond acceptors (Lipinski definition) is 7. The van der Waals surface area contributed by atoms with Gasteiger partial charge in [-0.1, -0.05) is 70.5 Å². The number of aliphatic hydroxyl groups is 1. The topological polar surface area (TPSA) is 121 Å². The number of amides is 2. The molecule has 2 N–H and O–H groups in total. The minimum Gasteiger partial charge on any atom is -0.432 e. The second-order valence-corrected chi connectivity index (χ2v) is 19.0. The molecule has 4 heterocycles. The Balaban J connectivity index is 1.15. The minimum absolute atomic E-state index is 0.0866.